The molecule has 0 saturated carbocycles. The summed E-state index contributed by atoms with van der Waals surface area (Å²) in [6.45, 7) is 1.27. The Morgan fingerprint density at radius 3 is 2.60 bits per heavy atom. The van der Waals surface area contributed by atoms with Gasteiger partial charge in [0.2, 0.25) is 0 Å². The van der Waals surface area contributed by atoms with E-state index in [9.17, 15) is 18.0 Å². The Morgan fingerprint density at radius 2 is 2.13 bits per heavy atom. The lowest BCUT2D eigenvalue weighted by Crippen LogP contribution is -2.10. The van der Waals surface area contributed by atoms with E-state index < -0.39 is 29.6 Å². The molecule has 0 atom stereocenters. The Balaban J connectivity index is 3.31. The molecule has 0 unspecified atom stereocenters. The zero-order chi connectivity index (χ0) is 11.6. The van der Waals surface area contributed by atoms with Crippen molar-refractivity contribution >= 4 is 5.97 Å². The van der Waals surface area contributed by atoms with Crippen LogP contribution in [0.5, 0.6) is 0 Å². The number of carbonyl (C=O) groups excluding carboxylic acids is 1. The summed E-state index contributed by atoms with van der Waals surface area (Å²) >= 11 is 0. The van der Waals surface area contributed by atoms with Crippen LogP contribution in [0.3, 0.4) is 0 Å². The van der Waals surface area contributed by atoms with Crippen LogP contribution in [0.4, 0.5) is 13.2 Å². The number of alkyl halides is 2. The fraction of sp³-hybridized carbons (Fsp3) is 0.333. The van der Waals surface area contributed by atoms with E-state index in [0.29, 0.717) is 6.07 Å². The van der Waals surface area contributed by atoms with Crippen molar-refractivity contribution in [2.24, 2.45) is 0 Å². The average Bonchev–Trinajstić information content (AvgIpc) is 2.20. The Labute approximate surface area is 83.9 Å². The molecule has 0 fully saturated rings. The maximum absolute atomic E-state index is 13.1. The number of hydrogen-bond acceptors (Lipinski definition) is 3. The molecule has 0 aliphatic heterocycles. The molecular weight excluding hydrogens is 211 g/mol. The first-order valence-electron chi connectivity index (χ1n) is 4.01. The topological polar surface area (TPSA) is 39.2 Å². The molecule has 3 nitrogen and oxygen atoms in total. The van der Waals surface area contributed by atoms with Crippen molar-refractivity contribution in [3.8, 4) is 0 Å². The van der Waals surface area contributed by atoms with Crippen molar-refractivity contribution in [2.45, 2.75) is 13.3 Å². The molecule has 0 saturated heterocycles. The highest BCUT2D eigenvalue weighted by Gasteiger charge is 2.19. The van der Waals surface area contributed by atoms with Crippen LogP contribution in [0.15, 0.2) is 6.07 Å². The first-order valence-corrected chi connectivity index (χ1v) is 4.01. The number of ether oxygens (including phenoxy) is 1. The molecule has 1 heterocycles. The lowest BCUT2D eigenvalue weighted by molar-refractivity contribution is 0.0590. The van der Waals surface area contributed by atoms with E-state index >= 15 is 0 Å². The van der Waals surface area contributed by atoms with Gasteiger partial charge in [-0.25, -0.2) is 22.9 Å². The summed E-state index contributed by atoms with van der Waals surface area (Å²) in [5.74, 6) is -1.84. The van der Waals surface area contributed by atoms with E-state index in [4.69, 9.17) is 0 Å². The largest absolute Gasteiger partial charge is 0.464 e. The van der Waals surface area contributed by atoms with Crippen molar-refractivity contribution in [2.75, 3.05) is 7.11 Å². The van der Waals surface area contributed by atoms with Crippen molar-refractivity contribution in [3.05, 3.63) is 28.8 Å². The van der Waals surface area contributed by atoms with Gasteiger partial charge in [-0.05, 0) is 6.92 Å². The van der Waals surface area contributed by atoms with E-state index in [1.165, 1.54) is 6.92 Å². The van der Waals surface area contributed by atoms with Gasteiger partial charge in [0.1, 0.15) is 11.5 Å². The highest BCUT2D eigenvalue weighted by Crippen LogP contribution is 2.21. The molecule has 0 aliphatic carbocycles. The van der Waals surface area contributed by atoms with Gasteiger partial charge in [0, 0.05) is 11.6 Å². The molecule has 0 radical (unpaired) electrons. The fourth-order valence-corrected chi connectivity index (χ4v) is 1.00. The van der Waals surface area contributed by atoms with Crippen molar-refractivity contribution in [1.82, 2.24) is 4.98 Å². The maximum atomic E-state index is 13.1. The smallest absolute Gasteiger partial charge is 0.357 e. The highest BCUT2D eigenvalue weighted by molar-refractivity contribution is 5.88. The van der Waals surface area contributed by atoms with Gasteiger partial charge in [0.25, 0.3) is 6.43 Å². The first kappa shape index (κ1) is 11.5. The summed E-state index contributed by atoms with van der Waals surface area (Å²) in [6.07, 6.45) is -2.93. The lowest BCUT2D eigenvalue weighted by Gasteiger charge is -2.06. The molecule has 0 spiro atoms. The number of methoxy groups -OCH3 is 1. The predicted octanol–water partition coefficient (Wildman–Crippen LogP) is 2.25. The molecule has 1 aromatic heterocycles. The molecule has 0 aliphatic rings. The number of hydrogen-bond donors (Lipinski definition) is 0. The second kappa shape index (κ2) is 4.29. The SMILES string of the molecule is COC(=O)c1nc(C(F)F)cc(F)c1C. The number of aromatic nitrogens is 1. The van der Waals surface area contributed by atoms with Crippen LogP contribution in [-0.2, 0) is 4.74 Å². The minimum Gasteiger partial charge on any atom is -0.464 e. The quantitative estimate of drug-likeness (QED) is 0.716. The molecule has 1 rings (SSSR count). The van der Waals surface area contributed by atoms with Gasteiger partial charge in [0.15, 0.2) is 5.69 Å². The average molecular weight is 219 g/mol. The number of rotatable bonds is 2. The molecule has 0 amide bonds. The van der Waals surface area contributed by atoms with Gasteiger partial charge in [0.05, 0.1) is 7.11 Å². The molecule has 15 heavy (non-hydrogen) atoms. The minimum atomic E-state index is -2.93. The monoisotopic (exact) mass is 219 g/mol. The van der Waals surface area contributed by atoms with Gasteiger partial charge in [-0.1, -0.05) is 0 Å². The van der Waals surface area contributed by atoms with Crippen LogP contribution in [0.25, 0.3) is 0 Å². The fourth-order valence-electron chi connectivity index (χ4n) is 1.00. The first-order chi connectivity index (χ1) is 6.97. The van der Waals surface area contributed by atoms with Gasteiger partial charge < -0.3 is 4.74 Å². The third-order valence-electron chi connectivity index (χ3n) is 1.83. The third-order valence-corrected chi connectivity index (χ3v) is 1.83. The van der Waals surface area contributed by atoms with E-state index in [1.54, 1.807) is 0 Å². The van der Waals surface area contributed by atoms with Gasteiger partial charge in [-0.2, -0.15) is 0 Å². The minimum absolute atomic E-state index is 0.105. The van der Waals surface area contributed by atoms with E-state index in [1.807, 2.05) is 0 Å². The van der Waals surface area contributed by atoms with E-state index in [2.05, 4.69) is 9.72 Å². The van der Waals surface area contributed by atoms with Crippen LogP contribution < -0.4 is 0 Å². The summed E-state index contributed by atoms with van der Waals surface area (Å²) in [4.78, 5) is 14.4. The summed E-state index contributed by atoms with van der Waals surface area (Å²) in [5, 5.41) is 0. The molecule has 82 valence electrons. The Hall–Kier alpha value is -1.59. The second-order valence-electron chi connectivity index (χ2n) is 2.79. The summed E-state index contributed by atoms with van der Waals surface area (Å²) in [5.41, 5.74) is -1.31. The molecule has 1 aromatic rings. The van der Waals surface area contributed by atoms with Crippen LogP contribution in [0, 0.1) is 12.7 Å². The third kappa shape index (κ3) is 2.26. The number of esters is 1. The van der Waals surface area contributed by atoms with Crippen molar-refractivity contribution in [1.29, 1.82) is 0 Å². The van der Waals surface area contributed by atoms with Crippen molar-refractivity contribution in [3.63, 3.8) is 0 Å². The number of carbonyl (C=O) groups is 1. The zero-order valence-corrected chi connectivity index (χ0v) is 8.05. The molecule has 0 aromatic carbocycles. The molecular formula is C9H8F3NO2. The van der Waals surface area contributed by atoms with Crippen LogP contribution in [0.2, 0.25) is 0 Å². The zero-order valence-electron chi connectivity index (χ0n) is 8.05. The Bertz CT molecular complexity index is 393. The lowest BCUT2D eigenvalue weighted by atomic mass is 10.2. The summed E-state index contributed by atoms with van der Waals surface area (Å²) < 4.78 is 41.9. The van der Waals surface area contributed by atoms with Crippen LogP contribution in [0.1, 0.15) is 28.2 Å². The van der Waals surface area contributed by atoms with Gasteiger partial charge >= 0.3 is 5.97 Å². The predicted molar refractivity (Wildman–Crippen MR) is 45.2 cm³/mol. The Morgan fingerprint density at radius 1 is 1.53 bits per heavy atom. The highest BCUT2D eigenvalue weighted by atomic mass is 19.3. The second-order valence-corrected chi connectivity index (χ2v) is 2.79. The number of nitrogens with zero attached hydrogens (tertiary/aromatic N) is 1. The number of halogens is 3. The van der Waals surface area contributed by atoms with Crippen LogP contribution >= 0.6 is 0 Å². The molecule has 0 bridgehead atoms. The summed E-state index contributed by atoms with van der Waals surface area (Å²) in [6, 6.07) is 0.604. The molecule has 6 heteroatoms. The van der Waals surface area contributed by atoms with Gasteiger partial charge in [-0.3, -0.25) is 0 Å². The van der Waals surface area contributed by atoms with E-state index in [0.717, 1.165) is 7.11 Å². The Kier molecular flexibility index (Phi) is 3.28. The standard InChI is InChI=1S/C9H8F3NO2/c1-4-5(10)3-6(8(11)12)13-7(4)9(14)15-2/h3,8H,1-2H3. The van der Waals surface area contributed by atoms with Gasteiger partial charge in [-0.15, -0.1) is 0 Å². The van der Waals surface area contributed by atoms with Crippen LogP contribution in [-0.4, -0.2) is 18.1 Å². The maximum Gasteiger partial charge on any atom is 0.357 e. The van der Waals surface area contributed by atoms with E-state index in [-0.39, 0.29) is 5.56 Å². The molecule has 0 N–H and O–H groups in total. The normalized spacial score (nSPS) is 10.5. The van der Waals surface area contributed by atoms with Crippen molar-refractivity contribution < 1.29 is 22.7 Å². The number of pyridine rings is 1. The summed E-state index contributed by atoms with van der Waals surface area (Å²) in [7, 11) is 1.07.